The molecule has 1 atom stereocenters. The number of carbonyl (C=O) groups is 2. The number of nitrogens with zero attached hydrogens (tertiary/aromatic N) is 2. The van der Waals surface area contributed by atoms with Crippen LogP contribution < -0.4 is 10.6 Å². The smallest absolute Gasteiger partial charge is 0.408 e. The van der Waals surface area contributed by atoms with E-state index in [2.05, 4.69) is 15.7 Å². The Morgan fingerprint density at radius 3 is 2.45 bits per heavy atom. The molecule has 22 heavy (non-hydrogen) atoms. The van der Waals surface area contributed by atoms with E-state index >= 15 is 0 Å². The molecule has 0 aromatic carbocycles. The Bertz CT molecular complexity index is 517. The summed E-state index contributed by atoms with van der Waals surface area (Å²) < 4.78 is 6.80. The number of aryl methyl sites for hydroxylation is 1. The predicted octanol–water partition coefficient (Wildman–Crippen LogP) is 2.30. The number of carbonyl (C=O) groups excluding carboxylic acids is 2. The summed E-state index contributed by atoms with van der Waals surface area (Å²) in [4.78, 5) is 24.2. The van der Waals surface area contributed by atoms with Gasteiger partial charge in [-0.25, -0.2) is 4.79 Å². The fourth-order valence-corrected chi connectivity index (χ4v) is 1.85. The van der Waals surface area contributed by atoms with Crippen LogP contribution in [0.1, 0.15) is 41.0 Å². The molecule has 0 saturated heterocycles. The lowest BCUT2D eigenvalue weighted by molar-refractivity contribution is -0.118. The molecule has 2 N–H and O–H groups in total. The second-order valence-corrected chi connectivity index (χ2v) is 6.69. The van der Waals surface area contributed by atoms with Gasteiger partial charge >= 0.3 is 6.09 Å². The van der Waals surface area contributed by atoms with Crippen molar-refractivity contribution in [2.24, 2.45) is 13.0 Å². The molecule has 0 bridgehead atoms. The molecule has 2 amide bonds. The van der Waals surface area contributed by atoms with Crippen molar-refractivity contribution in [2.45, 2.75) is 52.7 Å². The fraction of sp³-hybridized carbons (Fsp3) is 0.667. The number of anilines is 1. The van der Waals surface area contributed by atoms with Gasteiger partial charge in [0.2, 0.25) is 5.91 Å². The zero-order valence-corrected chi connectivity index (χ0v) is 14.1. The van der Waals surface area contributed by atoms with Gasteiger partial charge in [-0.3, -0.25) is 9.48 Å². The highest BCUT2D eigenvalue weighted by atomic mass is 16.6. The van der Waals surface area contributed by atoms with Gasteiger partial charge in [0.1, 0.15) is 11.6 Å². The van der Waals surface area contributed by atoms with E-state index in [9.17, 15) is 9.59 Å². The number of alkyl carbamates (subject to hydrolysis) is 1. The molecule has 1 aromatic rings. The van der Waals surface area contributed by atoms with E-state index in [-0.39, 0.29) is 11.8 Å². The summed E-state index contributed by atoms with van der Waals surface area (Å²) >= 11 is 0. The third-order valence-corrected chi connectivity index (χ3v) is 2.68. The molecule has 7 heteroatoms. The molecule has 0 aliphatic carbocycles. The van der Waals surface area contributed by atoms with E-state index in [0.29, 0.717) is 12.2 Å². The summed E-state index contributed by atoms with van der Waals surface area (Å²) in [5.41, 5.74) is -0.607. The normalized spacial score (nSPS) is 12.9. The van der Waals surface area contributed by atoms with E-state index in [4.69, 9.17) is 4.74 Å². The predicted molar refractivity (Wildman–Crippen MR) is 84.5 cm³/mol. The highest BCUT2D eigenvalue weighted by Crippen LogP contribution is 2.11. The third kappa shape index (κ3) is 6.60. The molecule has 1 rings (SSSR count). The summed E-state index contributed by atoms with van der Waals surface area (Å²) in [5, 5.41) is 9.41. The van der Waals surface area contributed by atoms with Crippen LogP contribution in [0.3, 0.4) is 0 Å². The monoisotopic (exact) mass is 310 g/mol. The largest absolute Gasteiger partial charge is 0.444 e. The van der Waals surface area contributed by atoms with Gasteiger partial charge in [0.25, 0.3) is 0 Å². The maximum atomic E-state index is 12.3. The maximum absolute atomic E-state index is 12.3. The summed E-state index contributed by atoms with van der Waals surface area (Å²) in [6.45, 7) is 9.30. The summed E-state index contributed by atoms with van der Waals surface area (Å²) in [7, 11) is 1.76. The first-order valence-electron chi connectivity index (χ1n) is 7.37. The zero-order chi connectivity index (χ0) is 16.9. The summed E-state index contributed by atoms with van der Waals surface area (Å²) in [5.74, 6) is 0.389. The minimum absolute atomic E-state index is 0.245. The quantitative estimate of drug-likeness (QED) is 0.874. The molecule has 0 saturated carbocycles. The molecule has 1 unspecified atom stereocenters. The van der Waals surface area contributed by atoms with Gasteiger partial charge in [-0.2, -0.15) is 5.10 Å². The van der Waals surface area contributed by atoms with E-state index < -0.39 is 17.7 Å². The Labute approximate surface area is 131 Å². The Hall–Kier alpha value is -2.05. The molecule has 1 heterocycles. The number of amides is 2. The van der Waals surface area contributed by atoms with Crippen molar-refractivity contribution in [3.63, 3.8) is 0 Å². The fourth-order valence-electron chi connectivity index (χ4n) is 1.85. The van der Waals surface area contributed by atoms with E-state index in [0.717, 1.165) is 0 Å². The van der Waals surface area contributed by atoms with Crippen LogP contribution in [-0.4, -0.2) is 33.4 Å². The summed E-state index contributed by atoms with van der Waals surface area (Å²) in [6.07, 6.45) is 1.64. The van der Waals surface area contributed by atoms with Crippen molar-refractivity contribution < 1.29 is 14.3 Å². The van der Waals surface area contributed by atoms with Gasteiger partial charge in [-0.15, -0.1) is 0 Å². The van der Waals surface area contributed by atoms with Crippen molar-refractivity contribution in [3.8, 4) is 0 Å². The molecule has 0 spiro atoms. The lowest BCUT2D eigenvalue weighted by atomic mass is 10.0. The number of rotatable bonds is 5. The number of nitrogens with one attached hydrogen (secondary N) is 2. The zero-order valence-electron chi connectivity index (χ0n) is 14.1. The average Bonchev–Trinajstić information content (AvgIpc) is 2.70. The molecule has 0 aliphatic rings. The van der Waals surface area contributed by atoms with Crippen molar-refractivity contribution in [1.82, 2.24) is 15.1 Å². The van der Waals surface area contributed by atoms with Gasteiger partial charge < -0.3 is 15.4 Å². The first-order valence-corrected chi connectivity index (χ1v) is 7.37. The van der Waals surface area contributed by atoms with E-state index in [1.165, 1.54) is 0 Å². The molecule has 124 valence electrons. The molecule has 1 aromatic heterocycles. The number of hydrogen-bond donors (Lipinski definition) is 2. The molecule has 0 aliphatic heterocycles. The number of aromatic nitrogens is 2. The molecular weight excluding hydrogens is 284 g/mol. The maximum Gasteiger partial charge on any atom is 0.408 e. The first kappa shape index (κ1) is 18.0. The average molecular weight is 310 g/mol. The van der Waals surface area contributed by atoms with Crippen molar-refractivity contribution >= 4 is 17.8 Å². The van der Waals surface area contributed by atoms with Crippen molar-refractivity contribution in [2.75, 3.05) is 5.32 Å². The Kier molecular flexibility index (Phi) is 5.96. The molecule has 0 radical (unpaired) electrons. The topological polar surface area (TPSA) is 85.2 Å². The minimum atomic E-state index is -0.670. The van der Waals surface area contributed by atoms with Crippen LogP contribution in [-0.2, 0) is 16.6 Å². The van der Waals surface area contributed by atoms with Crippen LogP contribution in [0.2, 0.25) is 0 Å². The Morgan fingerprint density at radius 1 is 1.36 bits per heavy atom. The highest BCUT2D eigenvalue weighted by Gasteiger charge is 2.25. The van der Waals surface area contributed by atoms with E-state index in [1.54, 1.807) is 44.8 Å². The van der Waals surface area contributed by atoms with E-state index in [1.807, 2.05) is 13.8 Å². The number of hydrogen-bond acceptors (Lipinski definition) is 4. The van der Waals surface area contributed by atoms with Crippen LogP contribution in [0.4, 0.5) is 10.6 Å². The lowest BCUT2D eigenvalue weighted by Crippen LogP contribution is -2.46. The van der Waals surface area contributed by atoms with Crippen LogP contribution in [0, 0.1) is 5.92 Å². The van der Waals surface area contributed by atoms with Crippen LogP contribution >= 0.6 is 0 Å². The molecule has 7 nitrogen and oxygen atoms in total. The minimum Gasteiger partial charge on any atom is -0.444 e. The van der Waals surface area contributed by atoms with Gasteiger partial charge in [0.05, 0.1) is 0 Å². The Morgan fingerprint density at radius 2 is 2.00 bits per heavy atom. The lowest BCUT2D eigenvalue weighted by Gasteiger charge is -2.24. The van der Waals surface area contributed by atoms with Crippen LogP contribution in [0.25, 0.3) is 0 Å². The second-order valence-electron chi connectivity index (χ2n) is 6.69. The van der Waals surface area contributed by atoms with Gasteiger partial charge in [-0.1, -0.05) is 13.8 Å². The Balaban J connectivity index is 2.70. The SMILES string of the molecule is CC(C)CC(NC(=O)OC(C)(C)C)C(=O)Nc1ccn(C)n1. The second kappa shape index (κ2) is 7.29. The van der Waals surface area contributed by atoms with Crippen molar-refractivity contribution in [3.05, 3.63) is 12.3 Å². The van der Waals surface area contributed by atoms with Crippen LogP contribution in [0.15, 0.2) is 12.3 Å². The first-order chi connectivity index (χ1) is 10.1. The molecular formula is C15H26N4O3. The highest BCUT2D eigenvalue weighted by molar-refractivity contribution is 5.95. The van der Waals surface area contributed by atoms with Crippen LogP contribution in [0.5, 0.6) is 0 Å². The van der Waals surface area contributed by atoms with Gasteiger partial charge in [-0.05, 0) is 33.1 Å². The van der Waals surface area contributed by atoms with Gasteiger partial charge in [0, 0.05) is 19.3 Å². The molecule has 0 fully saturated rings. The number of ether oxygens (including phenoxy) is 1. The van der Waals surface area contributed by atoms with Crippen molar-refractivity contribution in [1.29, 1.82) is 0 Å². The summed E-state index contributed by atoms with van der Waals surface area (Å²) in [6, 6.07) is 1.02. The standard InChI is InChI=1S/C15H26N4O3/c1-10(2)9-11(16-14(21)22-15(3,4)5)13(20)17-12-7-8-19(6)18-12/h7-8,10-11H,9H2,1-6H3,(H,16,21)(H,17,18,20). The third-order valence-electron chi connectivity index (χ3n) is 2.68. The van der Waals surface area contributed by atoms with Gasteiger partial charge in [0.15, 0.2) is 5.82 Å².